The molecule has 2 amide bonds. The van der Waals surface area contributed by atoms with Crippen LogP contribution in [0.3, 0.4) is 0 Å². The molecular weight excluding hydrogens is 412 g/mol. The normalized spacial score (nSPS) is 17.7. The Morgan fingerprint density at radius 2 is 2.22 bits per heavy atom. The molecule has 2 aliphatic rings. The number of nitrogens with one attached hydrogen (secondary N) is 1. The van der Waals surface area contributed by atoms with Crippen LogP contribution >= 0.6 is 0 Å². The molecule has 1 fully saturated rings. The predicted octanol–water partition coefficient (Wildman–Crippen LogP) is 1.69. The van der Waals surface area contributed by atoms with Crippen LogP contribution in [0.5, 0.6) is 0 Å². The summed E-state index contributed by atoms with van der Waals surface area (Å²) in [5.41, 5.74) is 6.97. The molecule has 1 aromatic carbocycles. The summed E-state index contributed by atoms with van der Waals surface area (Å²) in [5, 5.41) is 6.94. The Hall–Kier alpha value is -4.02. The lowest BCUT2D eigenvalue weighted by atomic mass is 10.1. The van der Waals surface area contributed by atoms with Crippen molar-refractivity contribution in [1.29, 1.82) is 0 Å². The van der Waals surface area contributed by atoms with Gasteiger partial charge in [0.05, 0.1) is 0 Å². The van der Waals surface area contributed by atoms with E-state index in [9.17, 15) is 9.59 Å². The molecule has 0 aliphatic carbocycles. The minimum atomic E-state index is -0.794. The maximum Gasteiger partial charge on any atom is 0.316 e. The summed E-state index contributed by atoms with van der Waals surface area (Å²) in [6.07, 6.45) is 3.60. The molecular formula is C21H22N8O3. The number of nitrogens with two attached hydrogens (primary N) is 1. The third-order valence-corrected chi connectivity index (χ3v) is 5.67. The van der Waals surface area contributed by atoms with Crippen LogP contribution in [0.15, 0.2) is 35.0 Å². The van der Waals surface area contributed by atoms with E-state index in [1.807, 2.05) is 13.0 Å². The molecule has 1 unspecified atom stereocenters. The fourth-order valence-corrected chi connectivity index (χ4v) is 4.21. The molecule has 5 rings (SSSR count). The van der Waals surface area contributed by atoms with Gasteiger partial charge in [-0.1, -0.05) is 17.3 Å². The highest BCUT2D eigenvalue weighted by molar-refractivity contribution is 6.10. The second-order valence-electron chi connectivity index (χ2n) is 7.70. The number of nitrogens with zero attached hydrogens (tertiary/aromatic N) is 6. The molecule has 1 atom stereocenters. The highest BCUT2D eigenvalue weighted by Crippen LogP contribution is 2.34. The number of carbonyl (C=O) groups is 2. The van der Waals surface area contributed by atoms with Crippen LogP contribution in [0.1, 0.15) is 40.8 Å². The van der Waals surface area contributed by atoms with Crippen LogP contribution in [0.2, 0.25) is 0 Å². The van der Waals surface area contributed by atoms with E-state index in [0.29, 0.717) is 41.7 Å². The van der Waals surface area contributed by atoms with Crippen molar-refractivity contribution in [3.05, 3.63) is 41.9 Å². The van der Waals surface area contributed by atoms with Gasteiger partial charge in [-0.2, -0.15) is 9.97 Å². The zero-order chi connectivity index (χ0) is 22.2. The minimum Gasteiger partial charge on any atom is -0.361 e. The fraction of sp³-hybridized carbons (Fsp3) is 0.333. The van der Waals surface area contributed by atoms with Crippen molar-refractivity contribution >= 4 is 29.3 Å². The van der Waals surface area contributed by atoms with Crippen molar-refractivity contribution in [2.24, 2.45) is 5.73 Å². The van der Waals surface area contributed by atoms with Crippen LogP contribution < -0.4 is 20.9 Å². The molecule has 32 heavy (non-hydrogen) atoms. The number of aromatic nitrogens is 4. The maximum absolute atomic E-state index is 13.6. The molecule has 3 aromatic rings. The number of primary amides is 1. The van der Waals surface area contributed by atoms with Crippen LogP contribution in [0, 0.1) is 0 Å². The summed E-state index contributed by atoms with van der Waals surface area (Å²) < 4.78 is 4.90. The second kappa shape index (κ2) is 7.91. The van der Waals surface area contributed by atoms with Crippen LogP contribution in [0.4, 0.5) is 17.5 Å². The van der Waals surface area contributed by atoms with E-state index in [1.165, 1.54) is 0 Å². The molecule has 0 saturated carbocycles. The summed E-state index contributed by atoms with van der Waals surface area (Å²) >= 11 is 0. The van der Waals surface area contributed by atoms with Gasteiger partial charge in [0.2, 0.25) is 11.8 Å². The Kier molecular flexibility index (Phi) is 4.92. The fourth-order valence-electron chi connectivity index (χ4n) is 4.21. The zero-order valence-electron chi connectivity index (χ0n) is 17.5. The van der Waals surface area contributed by atoms with Crippen molar-refractivity contribution in [1.82, 2.24) is 20.1 Å². The van der Waals surface area contributed by atoms with Crippen LogP contribution in [-0.2, 0) is 0 Å². The average Bonchev–Trinajstić information content (AvgIpc) is 3.45. The second-order valence-corrected chi connectivity index (χ2v) is 7.70. The summed E-state index contributed by atoms with van der Waals surface area (Å²) in [6.45, 7) is 4.04. The van der Waals surface area contributed by atoms with Gasteiger partial charge in [0.25, 0.3) is 5.91 Å². The number of hydrogen-bond donors (Lipinski definition) is 2. The molecule has 3 N–H and O–H groups in total. The molecule has 2 aromatic heterocycles. The first-order valence-corrected chi connectivity index (χ1v) is 10.5. The maximum atomic E-state index is 13.6. The van der Waals surface area contributed by atoms with Crippen molar-refractivity contribution in [2.45, 2.75) is 25.8 Å². The first-order chi connectivity index (χ1) is 15.5. The lowest BCUT2D eigenvalue weighted by Gasteiger charge is -2.27. The number of hydrogen-bond acceptors (Lipinski definition) is 9. The zero-order valence-corrected chi connectivity index (χ0v) is 17.5. The number of anilines is 3. The van der Waals surface area contributed by atoms with E-state index in [1.54, 1.807) is 29.3 Å². The lowest BCUT2D eigenvalue weighted by molar-refractivity contribution is 0.0956. The topological polar surface area (TPSA) is 143 Å². The summed E-state index contributed by atoms with van der Waals surface area (Å²) in [7, 11) is 0. The van der Waals surface area contributed by atoms with Gasteiger partial charge < -0.3 is 25.4 Å². The number of fused-ring (bicyclic) bond motifs is 3. The highest BCUT2D eigenvalue weighted by Gasteiger charge is 2.37. The Bertz CT molecular complexity index is 1190. The number of rotatable bonds is 5. The van der Waals surface area contributed by atoms with Gasteiger partial charge in [-0.15, -0.1) is 0 Å². The molecule has 2 aliphatic heterocycles. The summed E-state index contributed by atoms with van der Waals surface area (Å²) in [6, 6.07) is 7.39. The summed E-state index contributed by atoms with van der Waals surface area (Å²) in [5.74, 6) is 0.191. The van der Waals surface area contributed by atoms with Gasteiger partial charge >= 0.3 is 11.8 Å². The van der Waals surface area contributed by atoms with Crippen molar-refractivity contribution in [3.8, 4) is 11.4 Å². The number of benzene rings is 1. The Balaban J connectivity index is 1.54. The molecule has 164 valence electrons. The first kappa shape index (κ1) is 19.9. The quantitative estimate of drug-likeness (QED) is 0.613. The molecule has 0 spiro atoms. The van der Waals surface area contributed by atoms with E-state index in [2.05, 4.69) is 30.3 Å². The molecule has 0 radical (unpaired) electrons. The molecule has 4 heterocycles. The van der Waals surface area contributed by atoms with Crippen LogP contribution in [-0.4, -0.2) is 57.6 Å². The molecule has 11 heteroatoms. The SMILES string of the molecule is CCNc1ncc2c(n1)N1CCCC1CN(c1cccc(-c3noc(C(N)=O)n3)c1)C2=O. The Labute approximate surface area is 183 Å². The van der Waals surface area contributed by atoms with E-state index in [-0.39, 0.29) is 23.7 Å². The van der Waals surface area contributed by atoms with Gasteiger partial charge in [-0.3, -0.25) is 9.59 Å². The smallest absolute Gasteiger partial charge is 0.316 e. The van der Waals surface area contributed by atoms with E-state index in [0.717, 1.165) is 19.4 Å². The van der Waals surface area contributed by atoms with Crippen molar-refractivity contribution in [2.75, 3.05) is 34.8 Å². The minimum absolute atomic E-state index is 0.153. The van der Waals surface area contributed by atoms with Gasteiger partial charge in [-0.05, 0) is 31.9 Å². The molecule has 11 nitrogen and oxygen atoms in total. The van der Waals surface area contributed by atoms with Gasteiger partial charge in [0.1, 0.15) is 11.4 Å². The summed E-state index contributed by atoms with van der Waals surface area (Å²) in [4.78, 5) is 41.8. The molecule has 0 bridgehead atoms. The van der Waals surface area contributed by atoms with E-state index < -0.39 is 5.91 Å². The van der Waals surface area contributed by atoms with Crippen molar-refractivity contribution in [3.63, 3.8) is 0 Å². The third kappa shape index (κ3) is 3.41. The Morgan fingerprint density at radius 1 is 1.34 bits per heavy atom. The van der Waals surface area contributed by atoms with Crippen molar-refractivity contribution < 1.29 is 14.1 Å². The van der Waals surface area contributed by atoms with E-state index >= 15 is 0 Å². The predicted molar refractivity (Wildman–Crippen MR) is 116 cm³/mol. The van der Waals surface area contributed by atoms with Crippen LogP contribution in [0.25, 0.3) is 11.4 Å². The number of amides is 2. The highest BCUT2D eigenvalue weighted by atomic mass is 16.5. The van der Waals surface area contributed by atoms with Gasteiger partial charge in [0, 0.05) is 43.1 Å². The monoisotopic (exact) mass is 434 g/mol. The third-order valence-electron chi connectivity index (χ3n) is 5.67. The van der Waals surface area contributed by atoms with Gasteiger partial charge in [0.15, 0.2) is 0 Å². The molecule has 1 saturated heterocycles. The average molecular weight is 434 g/mol. The van der Waals surface area contributed by atoms with Gasteiger partial charge in [-0.25, -0.2) is 4.98 Å². The standard InChI is InChI=1S/C21H22N8O3/c1-2-23-21-24-10-15-18(26-21)28-8-4-7-14(28)11-29(20(15)31)13-6-3-5-12(9-13)17-25-19(16(22)30)32-27-17/h3,5-6,9-10,14H,2,4,7-8,11H2,1H3,(H2,22,30)(H,23,24,26). The Morgan fingerprint density at radius 3 is 3.00 bits per heavy atom. The largest absolute Gasteiger partial charge is 0.361 e. The lowest BCUT2D eigenvalue weighted by Crippen LogP contribution is -2.39. The first-order valence-electron chi connectivity index (χ1n) is 10.5. The number of carbonyl (C=O) groups excluding carboxylic acids is 2. The van der Waals surface area contributed by atoms with E-state index in [4.69, 9.17) is 10.3 Å².